The van der Waals surface area contributed by atoms with Crippen molar-refractivity contribution in [1.82, 2.24) is 0 Å². The lowest BCUT2D eigenvalue weighted by Crippen LogP contribution is -2.67. The number of carbonyl (C=O) groups is 1. The third-order valence-electron chi connectivity index (χ3n) is 14.2. The highest BCUT2D eigenvalue weighted by Crippen LogP contribution is 2.77. The van der Waals surface area contributed by atoms with Gasteiger partial charge in [0.15, 0.2) is 0 Å². The first kappa shape index (κ1) is 23.8. The standard InChI is InChI=1S/C31H50O3/c1-19-24(26(32)33-7)21-17-31(18-34-21)16-15-29(5)20(25(19)31)9-10-23-28(4)13-8-12-27(2,3)22(28)11-14-30(23,29)6/h19-25H,8-18H2,1-7H3. The molecule has 0 aromatic rings. The van der Waals surface area contributed by atoms with Gasteiger partial charge in [0.05, 0.1) is 25.7 Å². The van der Waals surface area contributed by atoms with Crippen molar-refractivity contribution >= 4 is 5.97 Å². The maximum Gasteiger partial charge on any atom is 0.311 e. The van der Waals surface area contributed by atoms with E-state index in [-0.39, 0.29) is 18.0 Å². The van der Waals surface area contributed by atoms with Gasteiger partial charge in [0.2, 0.25) is 0 Å². The van der Waals surface area contributed by atoms with Crippen LogP contribution < -0.4 is 0 Å². The number of ether oxygens (including phenoxy) is 2. The number of esters is 1. The van der Waals surface area contributed by atoms with Crippen LogP contribution >= 0.6 is 0 Å². The third kappa shape index (κ3) is 2.72. The summed E-state index contributed by atoms with van der Waals surface area (Å²) in [6.07, 6.45) is 13.7. The molecule has 0 aromatic heterocycles. The summed E-state index contributed by atoms with van der Waals surface area (Å²) in [5, 5.41) is 0. The van der Waals surface area contributed by atoms with Crippen molar-refractivity contribution in [2.24, 2.45) is 62.6 Å². The first-order valence-electron chi connectivity index (χ1n) is 14.6. The van der Waals surface area contributed by atoms with Crippen molar-refractivity contribution in [1.29, 1.82) is 0 Å². The fourth-order valence-electron chi connectivity index (χ4n) is 12.6. The number of rotatable bonds is 1. The van der Waals surface area contributed by atoms with Gasteiger partial charge >= 0.3 is 5.97 Å². The molecule has 34 heavy (non-hydrogen) atoms. The lowest BCUT2D eigenvalue weighted by molar-refractivity contribution is -0.245. The molecule has 11 atom stereocenters. The van der Waals surface area contributed by atoms with E-state index in [2.05, 4.69) is 41.5 Å². The topological polar surface area (TPSA) is 35.5 Å². The molecular formula is C31H50O3. The molecule has 5 saturated carbocycles. The minimum absolute atomic E-state index is 0.0300. The highest BCUT2D eigenvalue weighted by molar-refractivity contribution is 5.73. The van der Waals surface area contributed by atoms with Crippen molar-refractivity contribution in [2.45, 2.75) is 112 Å². The second kappa shape index (κ2) is 7.26. The van der Waals surface area contributed by atoms with Crippen molar-refractivity contribution < 1.29 is 14.3 Å². The molecule has 3 nitrogen and oxygen atoms in total. The number of methoxy groups -OCH3 is 1. The minimum Gasteiger partial charge on any atom is -0.469 e. The average molecular weight is 471 g/mol. The van der Waals surface area contributed by atoms with Crippen LogP contribution in [-0.2, 0) is 14.3 Å². The molecule has 6 aliphatic rings. The van der Waals surface area contributed by atoms with Gasteiger partial charge in [-0.3, -0.25) is 4.79 Å². The van der Waals surface area contributed by atoms with Crippen molar-refractivity contribution in [2.75, 3.05) is 13.7 Å². The molecule has 6 fully saturated rings. The molecule has 3 heteroatoms. The summed E-state index contributed by atoms with van der Waals surface area (Å²) in [5.41, 5.74) is 2.06. The largest absolute Gasteiger partial charge is 0.469 e. The van der Waals surface area contributed by atoms with Crippen LogP contribution in [0.1, 0.15) is 106 Å². The van der Waals surface area contributed by atoms with Crippen LogP contribution in [0.25, 0.3) is 0 Å². The quantitative estimate of drug-likeness (QED) is 0.378. The Morgan fingerprint density at radius 2 is 1.65 bits per heavy atom. The van der Waals surface area contributed by atoms with Gasteiger partial charge in [0, 0.05) is 0 Å². The van der Waals surface area contributed by atoms with Crippen LogP contribution in [0.4, 0.5) is 0 Å². The van der Waals surface area contributed by atoms with Gasteiger partial charge in [-0.1, -0.05) is 48.0 Å². The molecule has 11 unspecified atom stereocenters. The zero-order valence-electron chi connectivity index (χ0n) is 23.0. The van der Waals surface area contributed by atoms with E-state index in [0.29, 0.717) is 44.8 Å². The third-order valence-corrected chi connectivity index (χ3v) is 14.2. The predicted octanol–water partition coefficient (Wildman–Crippen LogP) is 7.28. The first-order chi connectivity index (χ1) is 15.9. The Bertz CT molecular complexity index is 865. The summed E-state index contributed by atoms with van der Waals surface area (Å²) < 4.78 is 11.7. The van der Waals surface area contributed by atoms with Crippen molar-refractivity contribution in [3.63, 3.8) is 0 Å². The van der Waals surface area contributed by atoms with E-state index in [1.807, 2.05) is 0 Å². The van der Waals surface area contributed by atoms with Crippen LogP contribution in [0, 0.1) is 62.6 Å². The SMILES string of the molecule is COC(=O)C1C2CC3(CCC4(C)C(CCC5C6(C)CCCC(C)(C)C6CCC54C)C3C1C)CO2. The molecule has 0 radical (unpaired) electrons. The minimum atomic E-state index is -0.0779. The smallest absolute Gasteiger partial charge is 0.311 e. The Kier molecular flexibility index (Phi) is 5.08. The van der Waals surface area contributed by atoms with Gasteiger partial charge in [-0.15, -0.1) is 0 Å². The first-order valence-corrected chi connectivity index (χ1v) is 14.6. The molecular weight excluding hydrogens is 420 g/mol. The molecule has 2 bridgehead atoms. The van der Waals surface area contributed by atoms with Gasteiger partial charge in [0.25, 0.3) is 0 Å². The lowest BCUT2D eigenvalue weighted by atomic mass is 9.31. The van der Waals surface area contributed by atoms with Gasteiger partial charge in [0.1, 0.15) is 0 Å². The second-order valence-corrected chi connectivity index (χ2v) is 15.4. The molecule has 0 amide bonds. The number of carbonyl (C=O) groups excluding carboxylic acids is 1. The number of hydrogen-bond acceptors (Lipinski definition) is 3. The van der Waals surface area contributed by atoms with E-state index in [1.54, 1.807) is 7.11 Å². The molecule has 0 N–H and O–H groups in total. The van der Waals surface area contributed by atoms with Crippen LogP contribution in [0.2, 0.25) is 0 Å². The maximum atomic E-state index is 12.9. The highest BCUT2D eigenvalue weighted by Gasteiger charge is 2.72. The molecule has 192 valence electrons. The molecule has 1 aliphatic heterocycles. The van der Waals surface area contributed by atoms with Crippen LogP contribution in [0.15, 0.2) is 0 Å². The number of hydrogen-bond donors (Lipinski definition) is 0. The fraction of sp³-hybridized carbons (Fsp3) is 0.968. The maximum absolute atomic E-state index is 12.9. The Morgan fingerprint density at radius 3 is 2.38 bits per heavy atom. The Labute approximate surface area is 208 Å². The zero-order chi connectivity index (χ0) is 24.3. The van der Waals surface area contributed by atoms with E-state index in [0.717, 1.165) is 24.9 Å². The normalized spacial score (nSPS) is 57.6. The summed E-state index contributed by atoms with van der Waals surface area (Å²) in [4.78, 5) is 12.9. The van der Waals surface area contributed by atoms with Gasteiger partial charge in [-0.05, 0) is 114 Å². The second-order valence-electron chi connectivity index (χ2n) is 15.4. The summed E-state index contributed by atoms with van der Waals surface area (Å²) in [7, 11) is 1.56. The summed E-state index contributed by atoms with van der Waals surface area (Å²) >= 11 is 0. The van der Waals surface area contributed by atoms with E-state index >= 15 is 0 Å². The van der Waals surface area contributed by atoms with E-state index in [4.69, 9.17) is 9.47 Å². The number of fused-ring (bicyclic) bond motifs is 7. The van der Waals surface area contributed by atoms with Gasteiger partial charge < -0.3 is 9.47 Å². The lowest BCUT2D eigenvalue weighted by Gasteiger charge is -2.73. The molecule has 1 spiro atoms. The zero-order valence-corrected chi connectivity index (χ0v) is 23.0. The Hall–Kier alpha value is -0.570. The fourth-order valence-corrected chi connectivity index (χ4v) is 12.6. The monoisotopic (exact) mass is 470 g/mol. The molecule has 6 rings (SSSR count). The summed E-state index contributed by atoms with van der Waals surface area (Å²) in [5.74, 6) is 3.28. The van der Waals surface area contributed by atoms with E-state index in [1.165, 1.54) is 57.8 Å². The molecule has 1 heterocycles. The van der Waals surface area contributed by atoms with E-state index < -0.39 is 0 Å². The van der Waals surface area contributed by atoms with Gasteiger partial charge in [-0.25, -0.2) is 0 Å². The molecule has 1 saturated heterocycles. The highest BCUT2D eigenvalue weighted by atomic mass is 16.5. The molecule has 5 aliphatic carbocycles. The van der Waals surface area contributed by atoms with E-state index in [9.17, 15) is 4.79 Å². The molecule has 0 aromatic carbocycles. The Balaban J connectivity index is 1.39. The van der Waals surface area contributed by atoms with Crippen LogP contribution in [0.5, 0.6) is 0 Å². The van der Waals surface area contributed by atoms with Crippen LogP contribution in [-0.4, -0.2) is 25.8 Å². The van der Waals surface area contributed by atoms with Crippen molar-refractivity contribution in [3.8, 4) is 0 Å². The van der Waals surface area contributed by atoms with Gasteiger partial charge in [-0.2, -0.15) is 0 Å². The Morgan fingerprint density at radius 1 is 0.882 bits per heavy atom. The van der Waals surface area contributed by atoms with Crippen LogP contribution in [0.3, 0.4) is 0 Å². The van der Waals surface area contributed by atoms with Crippen molar-refractivity contribution in [3.05, 3.63) is 0 Å². The predicted molar refractivity (Wildman–Crippen MR) is 135 cm³/mol. The average Bonchev–Trinajstić information content (AvgIpc) is 3.13. The summed E-state index contributed by atoms with van der Waals surface area (Å²) in [6.45, 7) is 16.5. The summed E-state index contributed by atoms with van der Waals surface area (Å²) in [6, 6.07) is 0.